The van der Waals surface area contributed by atoms with Gasteiger partial charge in [0.1, 0.15) is 6.04 Å². The largest absolute Gasteiger partial charge is 0.480 e. The number of hydrogen-bond acceptors (Lipinski definition) is 3. The Bertz CT molecular complexity index is 552. The van der Waals surface area contributed by atoms with Crippen molar-refractivity contribution in [3.8, 4) is 0 Å². The van der Waals surface area contributed by atoms with Gasteiger partial charge in [-0.15, -0.1) is 0 Å². The summed E-state index contributed by atoms with van der Waals surface area (Å²) in [5.41, 5.74) is 0.287. The molecule has 1 heterocycles. The number of halogens is 2. The number of benzene rings is 1. The molecule has 3 N–H and O–H groups in total. The predicted molar refractivity (Wildman–Crippen MR) is 74.2 cm³/mol. The maximum Gasteiger partial charge on any atom is 0.326 e. The third kappa shape index (κ3) is 2.98. The molecule has 1 aliphatic rings. The molecule has 0 aromatic heterocycles. The highest BCUT2D eigenvalue weighted by molar-refractivity contribution is 6.43. The molecule has 0 unspecified atom stereocenters. The van der Waals surface area contributed by atoms with E-state index in [2.05, 4.69) is 5.32 Å². The van der Waals surface area contributed by atoms with E-state index in [-0.39, 0.29) is 28.7 Å². The molecular formula is C12H12Cl2N2O4. The smallest absolute Gasteiger partial charge is 0.326 e. The van der Waals surface area contributed by atoms with Gasteiger partial charge in [-0.05, 0) is 12.1 Å². The van der Waals surface area contributed by atoms with E-state index in [1.54, 1.807) is 18.2 Å². The summed E-state index contributed by atoms with van der Waals surface area (Å²) in [7, 11) is 0. The van der Waals surface area contributed by atoms with Gasteiger partial charge in [0.15, 0.2) is 0 Å². The summed E-state index contributed by atoms with van der Waals surface area (Å²) in [5.74, 6) is -1.16. The van der Waals surface area contributed by atoms with Gasteiger partial charge in [0.25, 0.3) is 0 Å². The van der Waals surface area contributed by atoms with E-state index in [0.717, 1.165) is 4.90 Å². The van der Waals surface area contributed by atoms with Crippen LogP contribution in [0.25, 0.3) is 0 Å². The zero-order valence-electron chi connectivity index (χ0n) is 10.2. The first-order valence-corrected chi connectivity index (χ1v) is 6.58. The van der Waals surface area contributed by atoms with Gasteiger partial charge in [-0.2, -0.15) is 0 Å². The van der Waals surface area contributed by atoms with E-state index in [4.69, 9.17) is 28.3 Å². The van der Waals surface area contributed by atoms with Crippen LogP contribution in [0.2, 0.25) is 10.0 Å². The minimum atomic E-state index is -1.16. The quantitative estimate of drug-likeness (QED) is 0.778. The average molecular weight is 319 g/mol. The number of anilines is 1. The maximum absolute atomic E-state index is 12.1. The highest BCUT2D eigenvalue weighted by Gasteiger charge is 2.39. The van der Waals surface area contributed by atoms with Crippen molar-refractivity contribution in [3.05, 3.63) is 28.2 Å². The highest BCUT2D eigenvalue weighted by atomic mass is 35.5. The third-order valence-corrected chi connectivity index (χ3v) is 3.84. The number of carbonyl (C=O) groups excluding carboxylic acids is 1. The van der Waals surface area contributed by atoms with Gasteiger partial charge in [-0.1, -0.05) is 29.3 Å². The summed E-state index contributed by atoms with van der Waals surface area (Å²) >= 11 is 11.8. The summed E-state index contributed by atoms with van der Waals surface area (Å²) in [6.07, 6.45) is -0.844. The number of rotatable bonds is 2. The van der Waals surface area contributed by atoms with E-state index < -0.39 is 24.1 Å². The minimum Gasteiger partial charge on any atom is -0.480 e. The van der Waals surface area contributed by atoms with Gasteiger partial charge >= 0.3 is 12.0 Å². The Kier molecular flexibility index (Phi) is 4.37. The van der Waals surface area contributed by atoms with Crippen molar-refractivity contribution in [1.29, 1.82) is 0 Å². The van der Waals surface area contributed by atoms with E-state index in [0.29, 0.717) is 0 Å². The number of aliphatic hydroxyl groups is 1. The summed E-state index contributed by atoms with van der Waals surface area (Å²) in [5, 5.41) is 21.5. The molecule has 20 heavy (non-hydrogen) atoms. The van der Waals surface area contributed by atoms with Crippen molar-refractivity contribution < 1.29 is 19.8 Å². The zero-order chi connectivity index (χ0) is 14.9. The number of aliphatic hydroxyl groups excluding tert-OH is 1. The molecule has 2 amide bonds. The van der Waals surface area contributed by atoms with Gasteiger partial charge in [-0.25, -0.2) is 9.59 Å². The fourth-order valence-electron chi connectivity index (χ4n) is 2.06. The number of carboxylic acid groups (broad SMARTS) is 1. The number of aliphatic carboxylic acids is 1. The monoisotopic (exact) mass is 318 g/mol. The number of nitrogens with zero attached hydrogens (tertiary/aromatic N) is 1. The Balaban J connectivity index is 2.15. The van der Waals surface area contributed by atoms with E-state index in [1.807, 2.05) is 0 Å². The molecule has 2 atom stereocenters. The first-order valence-electron chi connectivity index (χ1n) is 5.82. The summed E-state index contributed by atoms with van der Waals surface area (Å²) in [6, 6.07) is 3.03. The number of carboxylic acids is 1. The third-order valence-electron chi connectivity index (χ3n) is 3.02. The number of hydrogen-bond donors (Lipinski definition) is 3. The molecule has 6 nitrogen and oxygen atoms in total. The van der Waals surface area contributed by atoms with Gasteiger partial charge in [0.2, 0.25) is 0 Å². The Morgan fingerprint density at radius 3 is 2.70 bits per heavy atom. The van der Waals surface area contributed by atoms with Crippen molar-refractivity contribution in [2.24, 2.45) is 0 Å². The fraction of sp³-hybridized carbons (Fsp3) is 0.333. The fourth-order valence-corrected chi connectivity index (χ4v) is 2.41. The van der Waals surface area contributed by atoms with E-state index in [1.165, 1.54) is 0 Å². The van der Waals surface area contributed by atoms with Crippen LogP contribution >= 0.6 is 23.2 Å². The molecular weight excluding hydrogens is 307 g/mol. The lowest BCUT2D eigenvalue weighted by molar-refractivity contribution is -0.141. The highest BCUT2D eigenvalue weighted by Crippen LogP contribution is 2.30. The number of nitrogens with one attached hydrogen (secondary N) is 1. The molecule has 1 aromatic carbocycles. The first-order chi connectivity index (χ1) is 9.40. The maximum atomic E-state index is 12.1. The summed E-state index contributed by atoms with van der Waals surface area (Å²) in [4.78, 5) is 24.2. The number of amides is 2. The molecule has 0 spiro atoms. The zero-order valence-corrected chi connectivity index (χ0v) is 11.7. The van der Waals surface area contributed by atoms with Crippen molar-refractivity contribution in [2.45, 2.75) is 18.6 Å². The van der Waals surface area contributed by atoms with Crippen LogP contribution in [0.5, 0.6) is 0 Å². The van der Waals surface area contributed by atoms with Crippen LogP contribution in [0.3, 0.4) is 0 Å². The van der Waals surface area contributed by atoms with Gasteiger partial charge in [0.05, 0.1) is 21.8 Å². The molecule has 0 saturated carbocycles. The Morgan fingerprint density at radius 2 is 2.05 bits per heavy atom. The lowest BCUT2D eigenvalue weighted by Gasteiger charge is -2.22. The second kappa shape index (κ2) is 5.87. The molecule has 1 fully saturated rings. The van der Waals surface area contributed by atoms with Crippen molar-refractivity contribution in [1.82, 2.24) is 4.90 Å². The van der Waals surface area contributed by atoms with Crippen molar-refractivity contribution in [3.63, 3.8) is 0 Å². The normalized spacial score (nSPS) is 21.9. The molecule has 2 rings (SSSR count). The van der Waals surface area contributed by atoms with Gasteiger partial charge in [0, 0.05) is 13.0 Å². The van der Waals surface area contributed by atoms with Crippen LogP contribution in [-0.4, -0.2) is 45.8 Å². The van der Waals surface area contributed by atoms with Crippen molar-refractivity contribution >= 4 is 40.9 Å². The van der Waals surface area contributed by atoms with Crippen LogP contribution in [0.1, 0.15) is 6.42 Å². The first kappa shape index (κ1) is 14.9. The van der Waals surface area contributed by atoms with Crippen LogP contribution in [0.4, 0.5) is 10.5 Å². The van der Waals surface area contributed by atoms with Crippen LogP contribution in [0, 0.1) is 0 Å². The predicted octanol–water partition coefficient (Wildman–Crippen LogP) is 2.05. The Morgan fingerprint density at radius 1 is 1.35 bits per heavy atom. The standard InChI is InChI=1S/C12H12Cl2N2O4/c13-7-2-1-3-8(10(7)14)15-12(20)16-5-6(17)4-9(16)11(18)19/h1-3,6,9,17H,4-5H2,(H,15,20)(H,18,19)/t6-,9-/m0/s1. The number of likely N-dealkylation sites (tertiary alicyclic amines) is 1. The number of β-amino-alcohol motifs (C(OH)–C–C–N with tert-alkyl or cyclic N) is 1. The van der Waals surface area contributed by atoms with Crippen LogP contribution in [-0.2, 0) is 4.79 Å². The molecule has 1 aliphatic heterocycles. The SMILES string of the molecule is O=C(O)[C@@H]1C[C@H](O)CN1C(=O)Nc1cccc(Cl)c1Cl. The number of carbonyl (C=O) groups is 2. The molecule has 1 aromatic rings. The summed E-state index contributed by atoms with van der Waals surface area (Å²) < 4.78 is 0. The molecule has 8 heteroatoms. The Hall–Kier alpha value is -1.50. The molecule has 1 saturated heterocycles. The molecule has 0 aliphatic carbocycles. The van der Waals surface area contributed by atoms with Gasteiger partial charge in [-0.3, -0.25) is 0 Å². The van der Waals surface area contributed by atoms with Gasteiger partial charge < -0.3 is 20.4 Å². The lowest BCUT2D eigenvalue weighted by Crippen LogP contribution is -2.43. The van der Waals surface area contributed by atoms with E-state index in [9.17, 15) is 14.7 Å². The lowest BCUT2D eigenvalue weighted by atomic mass is 10.2. The van der Waals surface area contributed by atoms with Crippen LogP contribution < -0.4 is 5.32 Å². The molecule has 108 valence electrons. The second-order valence-electron chi connectivity index (χ2n) is 4.43. The topological polar surface area (TPSA) is 89.9 Å². The van der Waals surface area contributed by atoms with Crippen molar-refractivity contribution in [2.75, 3.05) is 11.9 Å². The average Bonchev–Trinajstić information content (AvgIpc) is 2.77. The molecule has 0 bridgehead atoms. The summed E-state index contributed by atoms with van der Waals surface area (Å²) in [6.45, 7) is -0.0407. The molecule has 0 radical (unpaired) electrons. The van der Waals surface area contributed by atoms with Crippen LogP contribution in [0.15, 0.2) is 18.2 Å². The van der Waals surface area contributed by atoms with E-state index >= 15 is 0 Å². The number of urea groups is 1. The Labute approximate surface area is 124 Å². The minimum absolute atomic E-state index is 0.00598. The second-order valence-corrected chi connectivity index (χ2v) is 5.21.